The van der Waals surface area contributed by atoms with Gasteiger partial charge in [0.1, 0.15) is 4.21 Å². The van der Waals surface area contributed by atoms with Crippen molar-refractivity contribution >= 4 is 48.9 Å². The maximum atomic E-state index is 12.9. The van der Waals surface area contributed by atoms with E-state index in [9.17, 15) is 13.2 Å². The van der Waals surface area contributed by atoms with E-state index in [-0.39, 0.29) is 18.4 Å². The third-order valence-electron chi connectivity index (χ3n) is 4.86. The lowest BCUT2D eigenvalue weighted by molar-refractivity contribution is -0.120. The molecular formula is C19H19BrN4O3S2. The number of halogens is 1. The first-order valence-electron chi connectivity index (χ1n) is 9.09. The molecule has 0 aliphatic carbocycles. The van der Waals surface area contributed by atoms with E-state index in [0.29, 0.717) is 29.3 Å². The van der Waals surface area contributed by atoms with Gasteiger partial charge in [0.05, 0.1) is 15.4 Å². The molecule has 10 heteroatoms. The number of carbonyl (C=O) groups excluding carboxylic acids is 1. The van der Waals surface area contributed by atoms with Crippen molar-refractivity contribution in [2.24, 2.45) is 5.92 Å². The SMILES string of the molecule is O=C(Nc1ccc(-c2ccn[nH]2)cc1)[C@@H]1CCCN(S(=O)(=O)c2ccc(Br)s2)C1. The van der Waals surface area contributed by atoms with E-state index in [1.807, 2.05) is 30.3 Å². The van der Waals surface area contributed by atoms with E-state index in [4.69, 9.17) is 0 Å². The molecule has 0 radical (unpaired) electrons. The van der Waals surface area contributed by atoms with Crippen molar-refractivity contribution in [2.75, 3.05) is 18.4 Å². The molecule has 1 amide bonds. The summed E-state index contributed by atoms with van der Waals surface area (Å²) in [5.74, 6) is -0.541. The van der Waals surface area contributed by atoms with Crippen LogP contribution in [0.1, 0.15) is 12.8 Å². The molecule has 1 atom stereocenters. The van der Waals surface area contributed by atoms with E-state index in [1.165, 1.54) is 15.6 Å². The number of aromatic amines is 1. The van der Waals surface area contributed by atoms with Gasteiger partial charge in [0.15, 0.2) is 0 Å². The Bertz CT molecular complexity index is 1090. The van der Waals surface area contributed by atoms with E-state index in [0.717, 1.165) is 15.0 Å². The molecule has 1 aromatic carbocycles. The zero-order chi connectivity index (χ0) is 20.4. The third-order valence-corrected chi connectivity index (χ3v) is 8.82. The summed E-state index contributed by atoms with van der Waals surface area (Å²) in [6, 6.07) is 12.6. The number of benzene rings is 1. The maximum Gasteiger partial charge on any atom is 0.252 e. The van der Waals surface area contributed by atoms with Crippen LogP contribution in [0.2, 0.25) is 0 Å². The molecule has 152 valence electrons. The fraction of sp³-hybridized carbons (Fsp3) is 0.263. The second-order valence-electron chi connectivity index (χ2n) is 6.80. The van der Waals surface area contributed by atoms with E-state index in [1.54, 1.807) is 18.3 Å². The summed E-state index contributed by atoms with van der Waals surface area (Å²) in [5.41, 5.74) is 2.55. The van der Waals surface area contributed by atoms with Crippen LogP contribution in [0.5, 0.6) is 0 Å². The Balaban J connectivity index is 1.42. The van der Waals surface area contributed by atoms with Crippen LogP contribution in [0.15, 0.2) is 56.7 Å². The van der Waals surface area contributed by atoms with E-state index >= 15 is 0 Å². The van der Waals surface area contributed by atoms with Gasteiger partial charge in [-0.3, -0.25) is 9.89 Å². The van der Waals surface area contributed by atoms with Crippen LogP contribution >= 0.6 is 27.3 Å². The first kappa shape index (κ1) is 20.3. The molecule has 2 aromatic heterocycles. The van der Waals surface area contributed by atoms with Gasteiger partial charge in [0, 0.05) is 25.0 Å². The van der Waals surface area contributed by atoms with Crippen LogP contribution in [0.4, 0.5) is 5.69 Å². The normalized spacial score (nSPS) is 17.9. The number of nitrogens with zero attached hydrogens (tertiary/aromatic N) is 2. The van der Waals surface area contributed by atoms with Crippen molar-refractivity contribution in [3.05, 3.63) is 52.4 Å². The zero-order valence-electron chi connectivity index (χ0n) is 15.3. The Labute approximate surface area is 181 Å². The minimum absolute atomic E-state index is 0.161. The van der Waals surface area contributed by atoms with Crippen LogP contribution in [-0.2, 0) is 14.8 Å². The van der Waals surface area contributed by atoms with Crippen molar-refractivity contribution < 1.29 is 13.2 Å². The van der Waals surface area contributed by atoms with Gasteiger partial charge >= 0.3 is 0 Å². The summed E-state index contributed by atoms with van der Waals surface area (Å²) >= 11 is 4.48. The number of nitrogens with one attached hydrogen (secondary N) is 2. The monoisotopic (exact) mass is 494 g/mol. The summed E-state index contributed by atoms with van der Waals surface area (Å²) in [4.78, 5) is 12.7. The van der Waals surface area contributed by atoms with Gasteiger partial charge in [-0.25, -0.2) is 8.42 Å². The number of thiophene rings is 1. The highest BCUT2D eigenvalue weighted by molar-refractivity contribution is 9.11. The van der Waals surface area contributed by atoms with Gasteiger partial charge in [-0.2, -0.15) is 9.40 Å². The smallest absolute Gasteiger partial charge is 0.252 e. The molecule has 1 aliphatic rings. The van der Waals surface area contributed by atoms with Gasteiger partial charge in [-0.1, -0.05) is 12.1 Å². The highest BCUT2D eigenvalue weighted by Gasteiger charge is 2.34. The lowest BCUT2D eigenvalue weighted by Crippen LogP contribution is -2.43. The fourth-order valence-electron chi connectivity index (χ4n) is 3.33. The third kappa shape index (κ3) is 4.45. The number of piperidine rings is 1. The number of amides is 1. The van der Waals surface area contributed by atoms with Crippen LogP contribution in [0.25, 0.3) is 11.3 Å². The molecular weight excluding hydrogens is 476 g/mol. The average molecular weight is 495 g/mol. The Kier molecular flexibility index (Phi) is 5.86. The lowest BCUT2D eigenvalue weighted by atomic mass is 9.98. The zero-order valence-corrected chi connectivity index (χ0v) is 18.6. The average Bonchev–Trinajstić information content (AvgIpc) is 3.41. The lowest BCUT2D eigenvalue weighted by Gasteiger charge is -2.30. The predicted octanol–water partition coefficient (Wildman–Crippen LogP) is 3.94. The summed E-state index contributed by atoms with van der Waals surface area (Å²) in [7, 11) is -3.58. The van der Waals surface area contributed by atoms with E-state index in [2.05, 4.69) is 31.4 Å². The molecule has 1 fully saturated rings. The highest BCUT2D eigenvalue weighted by Crippen LogP contribution is 2.31. The molecule has 29 heavy (non-hydrogen) atoms. The number of sulfonamides is 1. The number of hydrogen-bond acceptors (Lipinski definition) is 5. The van der Waals surface area contributed by atoms with E-state index < -0.39 is 10.0 Å². The van der Waals surface area contributed by atoms with Gasteiger partial charge in [-0.15, -0.1) is 11.3 Å². The molecule has 3 heterocycles. The first-order valence-corrected chi connectivity index (χ1v) is 12.1. The molecule has 2 N–H and O–H groups in total. The summed E-state index contributed by atoms with van der Waals surface area (Å²) < 4.78 is 28.2. The summed E-state index contributed by atoms with van der Waals surface area (Å²) in [6.07, 6.45) is 3.00. The Hall–Kier alpha value is -2.01. The molecule has 7 nitrogen and oxygen atoms in total. The van der Waals surface area contributed by atoms with Crippen LogP contribution in [0.3, 0.4) is 0 Å². The first-order chi connectivity index (χ1) is 13.9. The standard InChI is InChI=1S/C19H19BrN4O3S2/c20-17-7-8-18(28-17)29(26,27)24-11-1-2-14(12-24)19(25)22-15-5-3-13(4-6-15)16-9-10-21-23-16/h3-10,14H,1-2,11-12H2,(H,21,23)(H,22,25)/t14-/m1/s1. The Morgan fingerprint density at radius 1 is 1.21 bits per heavy atom. The minimum Gasteiger partial charge on any atom is -0.326 e. The second kappa shape index (κ2) is 8.39. The topological polar surface area (TPSA) is 95.2 Å². The maximum absolute atomic E-state index is 12.9. The minimum atomic E-state index is -3.58. The van der Waals surface area contributed by atoms with Crippen molar-refractivity contribution in [2.45, 2.75) is 17.1 Å². The van der Waals surface area contributed by atoms with Gasteiger partial charge in [0.25, 0.3) is 10.0 Å². The van der Waals surface area contributed by atoms with Crippen molar-refractivity contribution in [3.63, 3.8) is 0 Å². The molecule has 1 aliphatic heterocycles. The Morgan fingerprint density at radius 3 is 2.66 bits per heavy atom. The number of rotatable bonds is 5. The largest absolute Gasteiger partial charge is 0.326 e. The molecule has 0 unspecified atom stereocenters. The molecule has 1 saturated heterocycles. The van der Waals surface area contributed by atoms with Gasteiger partial charge in [0.2, 0.25) is 5.91 Å². The number of aromatic nitrogens is 2. The molecule has 3 aromatic rings. The molecule has 4 rings (SSSR count). The summed E-state index contributed by atoms with van der Waals surface area (Å²) in [6.45, 7) is 0.621. The number of anilines is 1. The quantitative estimate of drug-likeness (QED) is 0.561. The fourth-order valence-corrected chi connectivity index (χ4v) is 7.02. The van der Waals surface area contributed by atoms with Crippen molar-refractivity contribution in [1.82, 2.24) is 14.5 Å². The molecule has 0 bridgehead atoms. The highest BCUT2D eigenvalue weighted by atomic mass is 79.9. The van der Waals surface area contributed by atoms with Gasteiger partial charge in [-0.05, 0) is 64.7 Å². The van der Waals surface area contributed by atoms with Crippen LogP contribution in [0, 0.1) is 5.92 Å². The molecule has 0 spiro atoms. The summed E-state index contributed by atoms with van der Waals surface area (Å²) in [5, 5.41) is 9.74. The number of H-pyrrole nitrogens is 1. The van der Waals surface area contributed by atoms with Crippen molar-refractivity contribution in [3.8, 4) is 11.3 Å². The van der Waals surface area contributed by atoms with Crippen LogP contribution in [-0.4, -0.2) is 41.9 Å². The number of hydrogen-bond donors (Lipinski definition) is 2. The number of carbonyl (C=O) groups is 1. The molecule has 0 saturated carbocycles. The Morgan fingerprint density at radius 2 is 2.00 bits per heavy atom. The van der Waals surface area contributed by atoms with Crippen LogP contribution < -0.4 is 5.32 Å². The van der Waals surface area contributed by atoms with Gasteiger partial charge < -0.3 is 5.32 Å². The predicted molar refractivity (Wildman–Crippen MR) is 116 cm³/mol. The second-order valence-corrected chi connectivity index (χ2v) is 11.4. The van der Waals surface area contributed by atoms with Crippen molar-refractivity contribution in [1.29, 1.82) is 0 Å².